The van der Waals surface area contributed by atoms with Gasteiger partial charge in [-0.1, -0.05) is 8.96 Å². The second-order valence-electron chi connectivity index (χ2n) is 0.703. The molecular formula is C2H3F2NO2. The zero-order valence-electron chi connectivity index (χ0n) is 3.52. The van der Waals surface area contributed by atoms with Crippen LogP contribution in [0.15, 0.2) is 0 Å². The summed E-state index contributed by atoms with van der Waals surface area (Å²) in [7, 11) is 0.870. The van der Waals surface area contributed by atoms with Gasteiger partial charge in [-0.05, 0) is 0 Å². The Morgan fingerprint density at radius 3 is 2.14 bits per heavy atom. The normalized spacial score (nSPS) is 7.86. The predicted octanol–water partition coefficient (Wildman–Crippen LogP) is 0.824. The molecule has 0 N–H and O–H groups in total. The van der Waals surface area contributed by atoms with Gasteiger partial charge >= 0.3 is 6.09 Å². The van der Waals surface area contributed by atoms with Crippen molar-refractivity contribution in [2.75, 3.05) is 7.11 Å². The minimum Gasteiger partial charge on any atom is -0.449 e. The lowest BCUT2D eigenvalue weighted by Crippen LogP contribution is -2.12. The molecule has 0 saturated heterocycles. The molecule has 7 heavy (non-hydrogen) atoms. The highest BCUT2D eigenvalue weighted by Crippen LogP contribution is 1.90. The fourth-order valence-corrected chi connectivity index (χ4v) is 0.0690. The molecule has 0 aromatic carbocycles. The van der Waals surface area contributed by atoms with Gasteiger partial charge in [0.15, 0.2) is 0 Å². The molecule has 0 aromatic heterocycles. The molecule has 5 heteroatoms. The standard InChI is InChI=1S/C2H3F2NO2/c1-7-2(6)5(3)4/h1H3. The molecule has 0 aliphatic rings. The first-order valence-electron chi connectivity index (χ1n) is 1.38. The first-order chi connectivity index (χ1) is 3.18. The van der Waals surface area contributed by atoms with E-state index in [1.807, 2.05) is 0 Å². The topological polar surface area (TPSA) is 29.5 Å². The van der Waals surface area contributed by atoms with Crippen molar-refractivity contribution in [1.29, 1.82) is 0 Å². The highest BCUT2D eigenvalue weighted by atomic mass is 19.4. The summed E-state index contributed by atoms with van der Waals surface area (Å²) in [5.74, 6) is 0. The molecule has 0 spiro atoms. The van der Waals surface area contributed by atoms with Crippen molar-refractivity contribution in [1.82, 2.24) is 5.34 Å². The van der Waals surface area contributed by atoms with Gasteiger partial charge in [0.05, 0.1) is 7.11 Å². The van der Waals surface area contributed by atoms with Crippen LogP contribution in [-0.2, 0) is 4.74 Å². The third kappa shape index (κ3) is 1.91. The summed E-state index contributed by atoms with van der Waals surface area (Å²) in [6.45, 7) is 0. The average molecular weight is 111 g/mol. The lowest BCUT2D eigenvalue weighted by molar-refractivity contribution is -0.121. The predicted molar refractivity (Wildman–Crippen MR) is 16.5 cm³/mol. The largest absolute Gasteiger partial charge is 0.468 e. The highest BCUT2D eigenvalue weighted by Gasteiger charge is 2.08. The van der Waals surface area contributed by atoms with Gasteiger partial charge < -0.3 is 4.74 Å². The lowest BCUT2D eigenvalue weighted by Gasteiger charge is -1.93. The Morgan fingerprint density at radius 2 is 2.14 bits per heavy atom. The molecule has 0 aliphatic carbocycles. The van der Waals surface area contributed by atoms with Gasteiger partial charge in [0, 0.05) is 5.34 Å². The molecule has 0 unspecified atom stereocenters. The maximum Gasteiger partial charge on any atom is 0.468 e. The molecule has 0 radical (unpaired) electrons. The number of halogens is 2. The van der Waals surface area contributed by atoms with Crippen LogP contribution in [0.4, 0.5) is 13.8 Å². The third-order valence-corrected chi connectivity index (χ3v) is 0.313. The van der Waals surface area contributed by atoms with E-state index in [0.717, 1.165) is 7.11 Å². The van der Waals surface area contributed by atoms with E-state index in [2.05, 4.69) is 4.74 Å². The van der Waals surface area contributed by atoms with Crippen molar-refractivity contribution in [3.8, 4) is 0 Å². The molecule has 0 heterocycles. The Morgan fingerprint density at radius 1 is 1.71 bits per heavy atom. The van der Waals surface area contributed by atoms with Gasteiger partial charge in [-0.15, -0.1) is 0 Å². The first kappa shape index (κ1) is 6.13. The smallest absolute Gasteiger partial charge is 0.449 e. The second kappa shape index (κ2) is 2.33. The Labute approximate surface area is 38.3 Å². The molecule has 0 aliphatic heterocycles. The summed E-state index contributed by atoms with van der Waals surface area (Å²) in [5.41, 5.74) is 0. The van der Waals surface area contributed by atoms with Crippen LogP contribution in [-0.4, -0.2) is 18.5 Å². The Hall–Kier alpha value is -0.870. The van der Waals surface area contributed by atoms with Crippen LogP contribution in [0.2, 0.25) is 0 Å². The number of carbonyl (C=O) groups excluding carboxylic acids is 1. The molecule has 0 fully saturated rings. The average Bonchev–Trinajstić information content (AvgIpc) is 1.65. The Bertz CT molecular complexity index is 74.1. The number of hydrogen-bond donors (Lipinski definition) is 0. The van der Waals surface area contributed by atoms with Gasteiger partial charge in [-0.2, -0.15) is 0 Å². The lowest BCUT2D eigenvalue weighted by atomic mass is 11.2. The summed E-state index contributed by atoms with van der Waals surface area (Å²) >= 11 is 0. The van der Waals surface area contributed by atoms with Crippen LogP contribution >= 0.6 is 0 Å². The monoisotopic (exact) mass is 111 g/mol. The van der Waals surface area contributed by atoms with Crippen molar-refractivity contribution >= 4 is 6.09 Å². The second-order valence-corrected chi connectivity index (χ2v) is 0.703. The van der Waals surface area contributed by atoms with Gasteiger partial charge in [0.1, 0.15) is 0 Å². The highest BCUT2D eigenvalue weighted by molar-refractivity contribution is 5.64. The van der Waals surface area contributed by atoms with Gasteiger partial charge in [0.2, 0.25) is 0 Å². The van der Waals surface area contributed by atoms with Crippen LogP contribution in [0.25, 0.3) is 0 Å². The van der Waals surface area contributed by atoms with E-state index in [4.69, 9.17) is 0 Å². The number of carbonyl (C=O) groups is 1. The van der Waals surface area contributed by atoms with Crippen molar-refractivity contribution in [2.24, 2.45) is 0 Å². The van der Waals surface area contributed by atoms with E-state index in [-0.39, 0.29) is 0 Å². The summed E-state index contributed by atoms with van der Waals surface area (Å²) in [5, 5.41) is -1.64. The van der Waals surface area contributed by atoms with E-state index in [9.17, 15) is 13.8 Å². The molecule has 0 atom stereocenters. The molecule has 42 valence electrons. The Kier molecular flexibility index (Phi) is 2.04. The fourth-order valence-electron chi connectivity index (χ4n) is 0.0690. The molecule has 0 bridgehead atoms. The summed E-state index contributed by atoms with van der Waals surface area (Å²) in [4.78, 5) is 9.47. The summed E-state index contributed by atoms with van der Waals surface area (Å²) < 4.78 is 25.1. The van der Waals surface area contributed by atoms with E-state index in [0.29, 0.717) is 0 Å². The molecule has 1 amide bonds. The molecule has 0 saturated carbocycles. The zero-order valence-corrected chi connectivity index (χ0v) is 3.52. The number of hydrogen-bond acceptors (Lipinski definition) is 2. The van der Waals surface area contributed by atoms with E-state index in [1.54, 1.807) is 0 Å². The van der Waals surface area contributed by atoms with Crippen LogP contribution in [0.5, 0.6) is 0 Å². The van der Waals surface area contributed by atoms with Crippen LogP contribution in [0, 0.1) is 0 Å². The zero-order chi connectivity index (χ0) is 5.86. The Balaban J connectivity index is 3.35. The molecular weight excluding hydrogens is 108 g/mol. The number of methoxy groups -OCH3 is 1. The van der Waals surface area contributed by atoms with Gasteiger partial charge in [0.25, 0.3) is 0 Å². The van der Waals surface area contributed by atoms with E-state index in [1.165, 1.54) is 0 Å². The van der Waals surface area contributed by atoms with E-state index >= 15 is 0 Å². The maximum absolute atomic E-state index is 10.8. The van der Waals surface area contributed by atoms with Crippen molar-refractivity contribution in [3.63, 3.8) is 0 Å². The number of nitrogens with zero attached hydrogens (tertiary/aromatic N) is 1. The SMILES string of the molecule is COC(=O)N(F)F. The van der Waals surface area contributed by atoms with Crippen LogP contribution in [0.1, 0.15) is 0 Å². The minimum atomic E-state index is -1.65. The molecule has 0 rings (SSSR count). The summed E-state index contributed by atoms with van der Waals surface area (Å²) in [6, 6.07) is 0. The van der Waals surface area contributed by atoms with Crippen LogP contribution < -0.4 is 0 Å². The third-order valence-electron chi connectivity index (χ3n) is 0.313. The first-order valence-corrected chi connectivity index (χ1v) is 1.38. The quantitative estimate of drug-likeness (QED) is 0.433. The van der Waals surface area contributed by atoms with Crippen molar-refractivity contribution in [2.45, 2.75) is 0 Å². The van der Waals surface area contributed by atoms with Crippen molar-refractivity contribution in [3.05, 3.63) is 0 Å². The number of rotatable bonds is 0. The van der Waals surface area contributed by atoms with Gasteiger partial charge in [-0.3, -0.25) is 0 Å². The molecule has 0 aromatic rings. The van der Waals surface area contributed by atoms with Crippen molar-refractivity contribution < 1.29 is 18.5 Å². The van der Waals surface area contributed by atoms with E-state index < -0.39 is 11.4 Å². The number of amides is 1. The van der Waals surface area contributed by atoms with Crippen LogP contribution in [0.3, 0.4) is 0 Å². The molecule has 3 nitrogen and oxygen atoms in total. The minimum absolute atomic E-state index is 0.870. The summed E-state index contributed by atoms with van der Waals surface area (Å²) in [6.07, 6.45) is -1.65. The number of ether oxygens (including phenoxy) is 1. The maximum atomic E-state index is 10.8. The fraction of sp³-hybridized carbons (Fsp3) is 0.500. The van der Waals surface area contributed by atoms with Gasteiger partial charge in [-0.25, -0.2) is 4.79 Å².